The van der Waals surface area contributed by atoms with Crippen LogP contribution in [-0.2, 0) is 21.2 Å². The number of hydrogen-bond acceptors (Lipinski definition) is 5. The highest BCUT2D eigenvalue weighted by atomic mass is 32.2. The second-order valence-corrected chi connectivity index (χ2v) is 7.47. The minimum absolute atomic E-state index is 0.127. The topological polar surface area (TPSA) is 122 Å². The number of nitro benzene ring substituents is 1. The number of nitro groups is 1. The average molecular weight is 391 g/mol. The smallest absolute Gasteiger partial charge is 0.273 e. The molecule has 0 spiro atoms. The number of carbonyl (C=O) groups is 1. The molecule has 0 unspecified atom stereocenters. The Morgan fingerprint density at radius 1 is 1.22 bits per heavy atom. The zero-order chi connectivity index (χ0) is 19.6. The Morgan fingerprint density at radius 3 is 2.70 bits per heavy atom. The Labute approximate surface area is 153 Å². The van der Waals surface area contributed by atoms with Crippen molar-refractivity contribution >= 4 is 32.5 Å². The number of carbonyl (C=O) groups excluding carboxylic acids is 1. The standard InChI is InChI=1S/C17H14FN3O5S/c18-12-7-13(21(23)24)9-14(8-12)27(25,26)20-17(22)6-5-11-10-19-16-4-2-1-3-15(11)16/h1-4,7-10,19H,5-6H2,(H,20,22). The van der Waals surface area contributed by atoms with Crippen LogP contribution in [0.3, 0.4) is 0 Å². The summed E-state index contributed by atoms with van der Waals surface area (Å²) in [7, 11) is -4.42. The van der Waals surface area contributed by atoms with E-state index in [9.17, 15) is 27.7 Å². The number of nitrogens with one attached hydrogen (secondary N) is 2. The van der Waals surface area contributed by atoms with Crippen molar-refractivity contribution in [1.82, 2.24) is 9.71 Å². The van der Waals surface area contributed by atoms with Gasteiger partial charge in [0.1, 0.15) is 5.82 Å². The van der Waals surface area contributed by atoms with Crippen LogP contribution in [0.4, 0.5) is 10.1 Å². The maximum absolute atomic E-state index is 13.5. The molecule has 0 atom stereocenters. The van der Waals surface area contributed by atoms with Crippen LogP contribution in [0.15, 0.2) is 53.6 Å². The first kappa shape index (κ1) is 18.5. The monoisotopic (exact) mass is 391 g/mol. The maximum atomic E-state index is 13.5. The summed E-state index contributed by atoms with van der Waals surface area (Å²) < 4.78 is 39.7. The Balaban J connectivity index is 1.72. The summed E-state index contributed by atoms with van der Waals surface area (Å²) in [6, 6.07) is 9.36. The van der Waals surface area contributed by atoms with Gasteiger partial charge in [-0.05, 0) is 24.1 Å². The molecular weight excluding hydrogens is 377 g/mol. The average Bonchev–Trinajstić information content (AvgIpc) is 3.02. The third kappa shape index (κ3) is 4.11. The SMILES string of the molecule is O=C(CCc1c[nH]c2ccccc12)NS(=O)(=O)c1cc(F)cc([N+](=O)[O-])c1. The first-order chi connectivity index (χ1) is 12.8. The zero-order valence-corrected chi connectivity index (χ0v) is 14.6. The lowest BCUT2D eigenvalue weighted by molar-refractivity contribution is -0.385. The molecule has 2 N–H and O–H groups in total. The molecular formula is C17H14FN3O5S. The number of nitrogens with zero attached hydrogens (tertiary/aromatic N) is 1. The summed E-state index contributed by atoms with van der Waals surface area (Å²) in [5.41, 5.74) is 1.02. The Bertz CT molecular complexity index is 1140. The fraction of sp³-hybridized carbons (Fsp3) is 0.118. The van der Waals surface area contributed by atoms with Crippen molar-refractivity contribution in [3.63, 3.8) is 0 Å². The molecule has 8 nitrogen and oxygen atoms in total. The third-order valence-corrected chi connectivity index (χ3v) is 5.27. The maximum Gasteiger partial charge on any atom is 0.273 e. The van der Waals surface area contributed by atoms with Crippen molar-refractivity contribution in [2.45, 2.75) is 17.7 Å². The number of non-ortho nitro benzene ring substituents is 1. The molecule has 3 aromatic rings. The summed E-state index contributed by atoms with van der Waals surface area (Å²) in [6.45, 7) is 0. The number of H-pyrrole nitrogens is 1. The van der Waals surface area contributed by atoms with E-state index in [4.69, 9.17) is 0 Å². The fourth-order valence-electron chi connectivity index (χ4n) is 2.65. The zero-order valence-electron chi connectivity index (χ0n) is 13.8. The molecule has 3 rings (SSSR count). The van der Waals surface area contributed by atoms with E-state index in [0.717, 1.165) is 16.5 Å². The van der Waals surface area contributed by atoms with E-state index in [1.165, 1.54) is 0 Å². The van der Waals surface area contributed by atoms with Crippen molar-refractivity contribution in [3.05, 3.63) is 70.2 Å². The van der Waals surface area contributed by atoms with E-state index >= 15 is 0 Å². The minimum Gasteiger partial charge on any atom is -0.361 e. The number of amides is 1. The van der Waals surface area contributed by atoms with Gasteiger partial charge in [0.05, 0.1) is 15.9 Å². The molecule has 0 aliphatic heterocycles. The number of hydrogen-bond donors (Lipinski definition) is 2. The van der Waals surface area contributed by atoms with Gasteiger partial charge in [0.15, 0.2) is 0 Å². The normalized spacial score (nSPS) is 11.4. The molecule has 0 bridgehead atoms. The van der Waals surface area contributed by atoms with Crippen LogP contribution in [0.5, 0.6) is 0 Å². The van der Waals surface area contributed by atoms with Crippen LogP contribution in [0.2, 0.25) is 0 Å². The van der Waals surface area contributed by atoms with Gasteiger partial charge in [-0.3, -0.25) is 14.9 Å². The van der Waals surface area contributed by atoms with Gasteiger partial charge < -0.3 is 4.98 Å². The molecule has 0 saturated heterocycles. The van der Waals surface area contributed by atoms with E-state index < -0.39 is 37.3 Å². The first-order valence-electron chi connectivity index (χ1n) is 7.82. The molecule has 0 saturated carbocycles. The molecule has 0 aliphatic carbocycles. The van der Waals surface area contributed by atoms with Crippen LogP contribution in [0, 0.1) is 15.9 Å². The molecule has 0 fully saturated rings. The van der Waals surface area contributed by atoms with Gasteiger partial charge in [0.25, 0.3) is 15.7 Å². The van der Waals surface area contributed by atoms with Crippen molar-refractivity contribution in [1.29, 1.82) is 0 Å². The molecule has 0 radical (unpaired) electrons. The number of sulfonamides is 1. The van der Waals surface area contributed by atoms with Crippen LogP contribution in [0.25, 0.3) is 10.9 Å². The second kappa shape index (κ2) is 7.16. The summed E-state index contributed by atoms with van der Waals surface area (Å²) in [4.78, 5) is 24.2. The number of aromatic amines is 1. The van der Waals surface area contributed by atoms with Gasteiger partial charge in [-0.25, -0.2) is 17.5 Å². The number of para-hydroxylation sites is 1. The van der Waals surface area contributed by atoms with E-state index in [2.05, 4.69) is 4.98 Å². The highest BCUT2D eigenvalue weighted by Crippen LogP contribution is 2.21. The summed E-state index contributed by atoms with van der Waals surface area (Å²) in [5, 5.41) is 11.7. The van der Waals surface area contributed by atoms with Crippen molar-refractivity contribution in [2.75, 3.05) is 0 Å². The van der Waals surface area contributed by atoms with Crippen LogP contribution >= 0.6 is 0 Å². The Kier molecular flexibility index (Phi) is 4.91. The largest absolute Gasteiger partial charge is 0.361 e. The predicted molar refractivity (Wildman–Crippen MR) is 95.0 cm³/mol. The van der Waals surface area contributed by atoms with Gasteiger partial charge in [0, 0.05) is 29.6 Å². The lowest BCUT2D eigenvalue weighted by Gasteiger charge is -2.07. The van der Waals surface area contributed by atoms with Gasteiger partial charge in [-0.1, -0.05) is 18.2 Å². The number of rotatable bonds is 6. The minimum atomic E-state index is -4.42. The van der Waals surface area contributed by atoms with Gasteiger partial charge >= 0.3 is 0 Å². The van der Waals surface area contributed by atoms with Crippen LogP contribution in [-0.4, -0.2) is 24.2 Å². The third-order valence-electron chi connectivity index (χ3n) is 3.92. The van der Waals surface area contributed by atoms with Crippen LogP contribution < -0.4 is 4.72 Å². The number of fused-ring (bicyclic) bond motifs is 1. The molecule has 140 valence electrons. The summed E-state index contributed by atoms with van der Waals surface area (Å²) in [6.07, 6.45) is 1.90. The van der Waals surface area contributed by atoms with Gasteiger partial charge in [-0.15, -0.1) is 0 Å². The van der Waals surface area contributed by atoms with Crippen LogP contribution in [0.1, 0.15) is 12.0 Å². The van der Waals surface area contributed by atoms with E-state index in [1.54, 1.807) is 6.20 Å². The molecule has 1 aromatic heterocycles. The summed E-state index contributed by atoms with van der Waals surface area (Å²) in [5.74, 6) is -1.89. The Hall–Kier alpha value is -3.27. The predicted octanol–water partition coefficient (Wildman–Crippen LogP) is 2.65. The lowest BCUT2D eigenvalue weighted by atomic mass is 10.1. The quantitative estimate of drug-likeness (QED) is 0.494. The van der Waals surface area contributed by atoms with Gasteiger partial charge in [0.2, 0.25) is 5.91 Å². The Morgan fingerprint density at radius 2 is 1.96 bits per heavy atom. The molecule has 2 aromatic carbocycles. The van der Waals surface area contributed by atoms with E-state index in [-0.39, 0.29) is 12.8 Å². The van der Waals surface area contributed by atoms with E-state index in [1.807, 2.05) is 29.0 Å². The number of halogens is 1. The fourth-order valence-corrected chi connectivity index (χ4v) is 3.72. The highest BCUT2D eigenvalue weighted by molar-refractivity contribution is 7.90. The molecule has 1 amide bonds. The number of aryl methyl sites for hydroxylation is 1. The molecule has 10 heteroatoms. The highest BCUT2D eigenvalue weighted by Gasteiger charge is 2.22. The van der Waals surface area contributed by atoms with Crippen molar-refractivity contribution in [2.24, 2.45) is 0 Å². The number of aromatic nitrogens is 1. The molecule has 27 heavy (non-hydrogen) atoms. The second-order valence-electron chi connectivity index (χ2n) is 5.79. The lowest BCUT2D eigenvalue weighted by Crippen LogP contribution is -2.30. The first-order valence-corrected chi connectivity index (χ1v) is 9.30. The van der Waals surface area contributed by atoms with Crippen molar-refractivity contribution < 1.29 is 22.5 Å². The molecule has 0 aliphatic rings. The van der Waals surface area contributed by atoms with Crippen molar-refractivity contribution in [3.8, 4) is 0 Å². The summed E-state index contributed by atoms with van der Waals surface area (Å²) >= 11 is 0. The van der Waals surface area contributed by atoms with E-state index in [0.29, 0.717) is 18.2 Å². The van der Waals surface area contributed by atoms with Gasteiger partial charge in [-0.2, -0.15) is 0 Å². The number of benzene rings is 2. The molecule has 1 heterocycles.